The number of benzene rings is 1. The Bertz CT molecular complexity index is 685. The monoisotopic (exact) mass is 284 g/mol. The van der Waals surface area contributed by atoms with Crippen molar-refractivity contribution in [3.05, 3.63) is 30.0 Å². The van der Waals surface area contributed by atoms with Gasteiger partial charge < -0.3 is 20.1 Å². The van der Waals surface area contributed by atoms with Crippen molar-refractivity contribution in [2.75, 3.05) is 17.4 Å². The Morgan fingerprint density at radius 1 is 1.10 bits per heavy atom. The predicted octanol–water partition coefficient (Wildman–Crippen LogP) is 2.83. The molecule has 0 radical (unpaired) electrons. The summed E-state index contributed by atoms with van der Waals surface area (Å²) in [6.45, 7) is 2.24. The zero-order chi connectivity index (χ0) is 14.2. The number of rotatable bonds is 4. The van der Waals surface area contributed by atoms with Crippen LogP contribution in [0, 0.1) is 6.92 Å². The van der Waals surface area contributed by atoms with E-state index < -0.39 is 0 Å². The molecule has 1 saturated carbocycles. The first-order valence-electron chi connectivity index (χ1n) is 7.05. The molecule has 6 nitrogen and oxygen atoms in total. The summed E-state index contributed by atoms with van der Waals surface area (Å²) in [4.78, 5) is 8.91. The Labute approximate surface area is 122 Å². The fourth-order valence-electron chi connectivity index (χ4n) is 2.24. The molecule has 1 aliphatic carbocycles. The molecule has 21 heavy (non-hydrogen) atoms. The maximum Gasteiger partial charge on any atom is 0.231 e. The van der Waals surface area contributed by atoms with Gasteiger partial charge in [0.05, 0.1) is 0 Å². The van der Waals surface area contributed by atoms with Crippen LogP contribution in [0.3, 0.4) is 0 Å². The summed E-state index contributed by atoms with van der Waals surface area (Å²) >= 11 is 0. The number of aryl methyl sites for hydroxylation is 1. The minimum atomic E-state index is 0.273. The third-order valence-electron chi connectivity index (χ3n) is 3.41. The number of ether oxygens (including phenoxy) is 2. The summed E-state index contributed by atoms with van der Waals surface area (Å²) in [6, 6.07) is 8.22. The minimum absolute atomic E-state index is 0.273. The molecule has 1 aliphatic heterocycles. The number of aromatic nitrogens is 2. The van der Waals surface area contributed by atoms with Crippen molar-refractivity contribution in [2.45, 2.75) is 25.8 Å². The average Bonchev–Trinajstić information content (AvgIpc) is 3.13. The lowest BCUT2D eigenvalue weighted by molar-refractivity contribution is 0.174. The molecule has 1 aromatic carbocycles. The normalized spacial score (nSPS) is 15.9. The van der Waals surface area contributed by atoms with E-state index in [0.717, 1.165) is 28.7 Å². The molecule has 0 unspecified atom stereocenters. The number of nitrogens with zero attached hydrogens (tertiary/aromatic N) is 2. The summed E-state index contributed by atoms with van der Waals surface area (Å²) in [7, 11) is 0. The standard InChI is InChI=1S/C15H16N4O2/c1-9-6-14(17-10-2-3-10)19-15(16-9)18-11-4-5-12-13(7-11)21-8-20-12/h4-7,10H,2-3,8H2,1H3,(H2,16,17,18,19). The highest BCUT2D eigenvalue weighted by molar-refractivity contribution is 5.61. The van der Waals surface area contributed by atoms with Gasteiger partial charge in [0, 0.05) is 29.6 Å². The predicted molar refractivity (Wildman–Crippen MR) is 79.3 cm³/mol. The fourth-order valence-corrected chi connectivity index (χ4v) is 2.24. The van der Waals surface area contributed by atoms with Crippen molar-refractivity contribution in [1.29, 1.82) is 0 Å². The highest BCUT2D eigenvalue weighted by atomic mass is 16.7. The van der Waals surface area contributed by atoms with Gasteiger partial charge in [-0.15, -0.1) is 0 Å². The molecule has 0 amide bonds. The van der Waals surface area contributed by atoms with E-state index in [9.17, 15) is 0 Å². The first-order chi connectivity index (χ1) is 10.3. The van der Waals surface area contributed by atoms with Gasteiger partial charge in [-0.1, -0.05) is 0 Å². The Morgan fingerprint density at radius 2 is 1.95 bits per heavy atom. The van der Waals surface area contributed by atoms with Crippen LogP contribution in [-0.2, 0) is 0 Å². The van der Waals surface area contributed by atoms with Gasteiger partial charge in [0.15, 0.2) is 11.5 Å². The van der Waals surface area contributed by atoms with Gasteiger partial charge in [-0.25, -0.2) is 4.98 Å². The molecule has 2 aliphatic rings. The Morgan fingerprint density at radius 3 is 2.81 bits per heavy atom. The van der Waals surface area contributed by atoms with Crippen LogP contribution in [0.5, 0.6) is 11.5 Å². The van der Waals surface area contributed by atoms with E-state index in [1.54, 1.807) is 0 Å². The van der Waals surface area contributed by atoms with Gasteiger partial charge in [-0.2, -0.15) is 4.98 Å². The van der Waals surface area contributed by atoms with Crippen molar-refractivity contribution >= 4 is 17.5 Å². The van der Waals surface area contributed by atoms with Crippen LogP contribution in [0.2, 0.25) is 0 Å². The molecule has 1 aromatic heterocycles. The van der Waals surface area contributed by atoms with Crippen molar-refractivity contribution in [2.24, 2.45) is 0 Å². The zero-order valence-corrected chi connectivity index (χ0v) is 11.7. The van der Waals surface area contributed by atoms with E-state index in [-0.39, 0.29) is 6.79 Å². The van der Waals surface area contributed by atoms with Crippen LogP contribution in [0.1, 0.15) is 18.5 Å². The average molecular weight is 284 g/mol. The number of fused-ring (bicyclic) bond motifs is 1. The van der Waals surface area contributed by atoms with E-state index in [0.29, 0.717) is 12.0 Å². The SMILES string of the molecule is Cc1cc(NC2CC2)nc(Nc2ccc3c(c2)OCO3)n1. The molecule has 4 rings (SSSR count). The van der Waals surface area contributed by atoms with Crippen molar-refractivity contribution in [3.8, 4) is 11.5 Å². The molecule has 6 heteroatoms. The van der Waals surface area contributed by atoms with Gasteiger partial charge in [-0.05, 0) is 31.9 Å². The number of anilines is 3. The Hall–Kier alpha value is -2.50. The van der Waals surface area contributed by atoms with Gasteiger partial charge in [0.25, 0.3) is 0 Å². The molecular formula is C15H16N4O2. The molecule has 0 spiro atoms. The number of hydrogen-bond acceptors (Lipinski definition) is 6. The number of nitrogens with one attached hydrogen (secondary N) is 2. The molecular weight excluding hydrogens is 268 g/mol. The van der Waals surface area contributed by atoms with Crippen LogP contribution < -0.4 is 20.1 Å². The quantitative estimate of drug-likeness (QED) is 0.899. The highest BCUT2D eigenvalue weighted by Crippen LogP contribution is 2.35. The van der Waals surface area contributed by atoms with Crippen LogP contribution in [0.15, 0.2) is 24.3 Å². The molecule has 1 fully saturated rings. The molecule has 2 N–H and O–H groups in total. The molecule has 0 bridgehead atoms. The third kappa shape index (κ3) is 2.69. The maximum absolute atomic E-state index is 5.37. The second-order valence-electron chi connectivity index (χ2n) is 5.33. The van der Waals surface area contributed by atoms with Crippen LogP contribution in [0.4, 0.5) is 17.5 Å². The first-order valence-corrected chi connectivity index (χ1v) is 7.05. The summed E-state index contributed by atoms with van der Waals surface area (Å²) in [5.41, 5.74) is 1.80. The fraction of sp³-hybridized carbons (Fsp3) is 0.333. The summed E-state index contributed by atoms with van der Waals surface area (Å²) in [6.07, 6.45) is 2.43. The van der Waals surface area contributed by atoms with E-state index in [1.807, 2.05) is 31.2 Å². The van der Waals surface area contributed by atoms with E-state index in [2.05, 4.69) is 20.6 Å². The maximum atomic E-state index is 5.37. The first kappa shape index (κ1) is 12.3. The molecule has 2 aromatic rings. The lowest BCUT2D eigenvalue weighted by Gasteiger charge is -2.09. The molecule has 2 heterocycles. The van der Waals surface area contributed by atoms with Gasteiger partial charge in [0.2, 0.25) is 12.7 Å². The van der Waals surface area contributed by atoms with E-state index in [1.165, 1.54) is 12.8 Å². The van der Waals surface area contributed by atoms with Gasteiger partial charge in [0.1, 0.15) is 5.82 Å². The van der Waals surface area contributed by atoms with E-state index >= 15 is 0 Å². The molecule has 0 saturated heterocycles. The Balaban J connectivity index is 1.56. The third-order valence-corrected chi connectivity index (χ3v) is 3.41. The van der Waals surface area contributed by atoms with Crippen LogP contribution >= 0.6 is 0 Å². The summed E-state index contributed by atoms with van der Waals surface area (Å²) in [5, 5.41) is 6.60. The van der Waals surface area contributed by atoms with Crippen molar-refractivity contribution < 1.29 is 9.47 Å². The smallest absolute Gasteiger partial charge is 0.231 e. The lowest BCUT2D eigenvalue weighted by Crippen LogP contribution is -2.06. The molecule has 108 valence electrons. The summed E-state index contributed by atoms with van der Waals surface area (Å²) in [5.74, 6) is 2.95. The zero-order valence-electron chi connectivity index (χ0n) is 11.7. The lowest BCUT2D eigenvalue weighted by atomic mass is 10.3. The van der Waals surface area contributed by atoms with E-state index in [4.69, 9.17) is 9.47 Å². The number of hydrogen-bond donors (Lipinski definition) is 2. The van der Waals surface area contributed by atoms with Crippen molar-refractivity contribution in [3.63, 3.8) is 0 Å². The van der Waals surface area contributed by atoms with Crippen LogP contribution in [0.25, 0.3) is 0 Å². The second kappa shape index (κ2) is 4.80. The summed E-state index contributed by atoms with van der Waals surface area (Å²) < 4.78 is 10.7. The Kier molecular flexibility index (Phi) is 2.80. The van der Waals surface area contributed by atoms with Gasteiger partial charge >= 0.3 is 0 Å². The minimum Gasteiger partial charge on any atom is -0.454 e. The van der Waals surface area contributed by atoms with Crippen LogP contribution in [-0.4, -0.2) is 22.8 Å². The highest BCUT2D eigenvalue weighted by Gasteiger charge is 2.21. The largest absolute Gasteiger partial charge is 0.454 e. The second-order valence-corrected chi connectivity index (χ2v) is 5.33. The van der Waals surface area contributed by atoms with Gasteiger partial charge in [-0.3, -0.25) is 0 Å². The topological polar surface area (TPSA) is 68.3 Å². The van der Waals surface area contributed by atoms with Crippen molar-refractivity contribution in [1.82, 2.24) is 9.97 Å². The molecule has 0 atom stereocenters.